The topological polar surface area (TPSA) is 80.8 Å². The maximum Gasteiger partial charge on any atom is 0.387 e. The van der Waals surface area contributed by atoms with E-state index in [0.717, 1.165) is 0 Å². The number of hydrogen-bond donors (Lipinski definition) is 1. The van der Waals surface area contributed by atoms with Gasteiger partial charge in [0, 0.05) is 18.8 Å². The van der Waals surface area contributed by atoms with Crippen LogP contribution in [0.2, 0.25) is 0 Å². The molecule has 0 bridgehead atoms. The first-order valence-corrected chi connectivity index (χ1v) is 9.22. The van der Waals surface area contributed by atoms with Gasteiger partial charge in [0.15, 0.2) is 11.5 Å². The number of alkyl halides is 2. The Kier molecular flexibility index (Phi) is 5.10. The van der Waals surface area contributed by atoms with E-state index in [1.54, 1.807) is 30.3 Å². The summed E-state index contributed by atoms with van der Waals surface area (Å²) in [7, 11) is 1.50. The lowest BCUT2D eigenvalue weighted by atomic mass is 9.82. The van der Waals surface area contributed by atoms with Crippen LogP contribution in [0.5, 0.6) is 5.75 Å². The Hall–Kier alpha value is -3.88. The van der Waals surface area contributed by atoms with E-state index >= 15 is 0 Å². The molecule has 1 aliphatic heterocycles. The van der Waals surface area contributed by atoms with Crippen LogP contribution in [0.1, 0.15) is 11.1 Å². The van der Waals surface area contributed by atoms with Crippen LogP contribution in [0, 0.1) is 5.95 Å². The lowest BCUT2D eigenvalue weighted by molar-refractivity contribution is -0.129. The number of likely N-dealkylation sites (N-methyl/N-ethyl adjacent to an activating group) is 1. The number of ether oxygens (including phenoxy) is 1. The molecule has 31 heavy (non-hydrogen) atoms. The number of aromatic nitrogens is 1. The van der Waals surface area contributed by atoms with E-state index in [1.165, 1.54) is 48.5 Å². The summed E-state index contributed by atoms with van der Waals surface area (Å²) in [6.07, 6.45) is 1.39. The quantitative estimate of drug-likeness (QED) is 0.633. The van der Waals surface area contributed by atoms with E-state index in [-0.39, 0.29) is 11.7 Å². The van der Waals surface area contributed by atoms with Crippen molar-refractivity contribution < 1.29 is 22.7 Å². The summed E-state index contributed by atoms with van der Waals surface area (Å²) in [5.74, 6) is -1.03. The third-order valence-corrected chi connectivity index (χ3v) is 5.08. The van der Waals surface area contributed by atoms with Crippen LogP contribution in [0.15, 0.2) is 71.9 Å². The monoisotopic (exact) mass is 426 g/mol. The van der Waals surface area contributed by atoms with Crippen LogP contribution in [0.4, 0.5) is 13.2 Å². The highest BCUT2D eigenvalue weighted by atomic mass is 19.3. The van der Waals surface area contributed by atoms with E-state index in [0.29, 0.717) is 22.3 Å². The molecular weight excluding hydrogens is 409 g/mol. The van der Waals surface area contributed by atoms with Gasteiger partial charge in [-0.15, -0.1) is 0 Å². The molecule has 1 unspecified atom stereocenters. The lowest BCUT2D eigenvalue weighted by Gasteiger charge is -2.26. The molecular formula is C22H17F3N4O2. The summed E-state index contributed by atoms with van der Waals surface area (Å²) in [6, 6.07) is 15.5. The second kappa shape index (κ2) is 7.75. The Morgan fingerprint density at radius 3 is 2.35 bits per heavy atom. The number of carbonyl (C=O) groups is 1. The molecule has 0 radical (unpaired) electrons. The number of carbonyl (C=O) groups excluding carboxylic acids is 1. The molecule has 0 aliphatic carbocycles. The Labute approximate surface area is 175 Å². The van der Waals surface area contributed by atoms with Gasteiger partial charge in [0.25, 0.3) is 5.91 Å². The Morgan fingerprint density at radius 1 is 1.03 bits per heavy atom. The number of pyridine rings is 1. The fraction of sp³-hybridized carbons (Fsp3) is 0.136. The number of benzene rings is 2. The van der Waals surface area contributed by atoms with E-state index in [1.807, 2.05) is 0 Å². The van der Waals surface area contributed by atoms with Gasteiger partial charge in [0.2, 0.25) is 5.95 Å². The number of amides is 1. The molecule has 1 aliphatic rings. The highest BCUT2D eigenvalue weighted by molar-refractivity contribution is 6.09. The first-order chi connectivity index (χ1) is 14.8. The van der Waals surface area contributed by atoms with Crippen molar-refractivity contribution in [2.75, 3.05) is 7.05 Å². The zero-order valence-corrected chi connectivity index (χ0v) is 16.3. The molecule has 2 N–H and O–H groups in total. The molecule has 3 aromatic rings. The number of aliphatic imine (C=N–C) groups is 1. The maximum atomic E-state index is 13.3. The van der Waals surface area contributed by atoms with Crippen LogP contribution < -0.4 is 10.5 Å². The van der Waals surface area contributed by atoms with Crippen LogP contribution >= 0.6 is 0 Å². The SMILES string of the molecule is CN1C(=O)C(c2ccc(OC(F)F)cc2)(c2cccc(-c3ccc(F)nc3)c2)N=C1N. The first-order valence-electron chi connectivity index (χ1n) is 9.22. The zero-order chi connectivity index (χ0) is 22.2. The van der Waals surface area contributed by atoms with Crippen LogP contribution in [-0.2, 0) is 10.3 Å². The molecule has 158 valence electrons. The van der Waals surface area contributed by atoms with Crippen molar-refractivity contribution in [2.24, 2.45) is 10.7 Å². The summed E-state index contributed by atoms with van der Waals surface area (Å²) < 4.78 is 42.6. The van der Waals surface area contributed by atoms with Gasteiger partial charge < -0.3 is 10.5 Å². The summed E-state index contributed by atoms with van der Waals surface area (Å²) >= 11 is 0. The molecule has 4 rings (SSSR count). The number of nitrogens with zero attached hydrogens (tertiary/aromatic N) is 3. The van der Waals surface area contributed by atoms with E-state index in [9.17, 15) is 18.0 Å². The van der Waals surface area contributed by atoms with Crippen molar-refractivity contribution in [1.29, 1.82) is 0 Å². The molecule has 0 saturated carbocycles. The van der Waals surface area contributed by atoms with Crippen LogP contribution in [0.3, 0.4) is 0 Å². The number of hydrogen-bond acceptors (Lipinski definition) is 5. The number of halogens is 3. The molecule has 9 heteroatoms. The summed E-state index contributed by atoms with van der Waals surface area (Å²) in [6.45, 7) is -2.96. The predicted molar refractivity (Wildman–Crippen MR) is 108 cm³/mol. The van der Waals surface area contributed by atoms with Crippen LogP contribution in [-0.4, -0.2) is 35.4 Å². The molecule has 0 fully saturated rings. The van der Waals surface area contributed by atoms with Crippen molar-refractivity contribution in [3.8, 4) is 16.9 Å². The summed E-state index contributed by atoms with van der Waals surface area (Å²) in [5, 5.41) is 0. The Bertz CT molecular complexity index is 1150. The van der Waals surface area contributed by atoms with Crippen LogP contribution in [0.25, 0.3) is 11.1 Å². The van der Waals surface area contributed by atoms with Gasteiger partial charge in [-0.3, -0.25) is 9.69 Å². The minimum atomic E-state index is -2.96. The number of guanidine groups is 1. The van der Waals surface area contributed by atoms with E-state index < -0.39 is 24.0 Å². The second-order valence-electron chi connectivity index (χ2n) is 6.90. The van der Waals surface area contributed by atoms with Gasteiger partial charge in [0.1, 0.15) is 5.75 Å². The molecule has 6 nitrogen and oxygen atoms in total. The van der Waals surface area contributed by atoms with Crippen molar-refractivity contribution >= 4 is 11.9 Å². The van der Waals surface area contributed by atoms with E-state index in [2.05, 4.69) is 14.7 Å². The van der Waals surface area contributed by atoms with E-state index in [4.69, 9.17) is 5.73 Å². The molecule has 0 saturated heterocycles. The normalized spacial score (nSPS) is 18.4. The Morgan fingerprint density at radius 2 is 1.77 bits per heavy atom. The molecule has 1 aromatic heterocycles. The van der Waals surface area contributed by atoms with Crippen molar-refractivity contribution in [1.82, 2.24) is 9.88 Å². The van der Waals surface area contributed by atoms with Gasteiger partial charge in [-0.05, 0) is 47.0 Å². The standard InChI is InChI=1S/C22H17F3N4O2/c1-29-19(30)22(28-21(29)26,15-6-8-17(9-7-15)31-20(24)25)16-4-2-3-13(11-16)14-5-10-18(23)27-12-14/h2-12,20H,1H3,(H2,26,28). The van der Waals surface area contributed by atoms with Gasteiger partial charge >= 0.3 is 6.61 Å². The first kappa shape index (κ1) is 20.4. The minimum Gasteiger partial charge on any atom is -0.435 e. The van der Waals surface area contributed by atoms with Crippen molar-refractivity contribution in [3.63, 3.8) is 0 Å². The highest BCUT2D eigenvalue weighted by Gasteiger charge is 2.49. The third kappa shape index (κ3) is 3.58. The molecule has 2 aromatic carbocycles. The maximum absolute atomic E-state index is 13.3. The van der Waals surface area contributed by atoms with Gasteiger partial charge in [-0.2, -0.15) is 13.2 Å². The van der Waals surface area contributed by atoms with Crippen molar-refractivity contribution in [3.05, 3.63) is 83.9 Å². The fourth-order valence-corrected chi connectivity index (χ4v) is 3.53. The average molecular weight is 426 g/mol. The average Bonchev–Trinajstić information content (AvgIpc) is 2.99. The predicted octanol–water partition coefficient (Wildman–Crippen LogP) is 3.52. The van der Waals surface area contributed by atoms with Gasteiger partial charge in [-0.1, -0.05) is 30.3 Å². The molecule has 1 atom stereocenters. The highest BCUT2D eigenvalue weighted by Crippen LogP contribution is 2.41. The molecule has 2 heterocycles. The van der Waals surface area contributed by atoms with Crippen molar-refractivity contribution in [2.45, 2.75) is 12.2 Å². The number of rotatable bonds is 5. The Balaban J connectivity index is 1.85. The third-order valence-electron chi connectivity index (χ3n) is 5.08. The number of nitrogens with two attached hydrogens (primary N) is 1. The zero-order valence-electron chi connectivity index (χ0n) is 16.3. The van der Waals surface area contributed by atoms with Gasteiger partial charge in [-0.25, -0.2) is 9.98 Å². The van der Waals surface area contributed by atoms with Gasteiger partial charge in [0.05, 0.1) is 0 Å². The largest absolute Gasteiger partial charge is 0.435 e. The lowest BCUT2D eigenvalue weighted by Crippen LogP contribution is -2.41. The fourth-order valence-electron chi connectivity index (χ4n) is 3.53. The summed E-state index contributed by atoms with van der Waals surface area (Å²) in [4.78, 5) is 22.7. The molecule has 1 amide bonds. The second-order valence-corrected chi connectivity index (χ2v) is 6.90. The smallest absolute Gasteiger partial charge is 0.387 e. The molecule has 0 spiro atoms. The summed E-state index contributed by atoms with van der Waals surface area (Å²) in [5.41, 5.74) is 6.73. The minimum absolute atomic E-state index is 0.0201.